The molecule has 0 fully saturated rings. The van der Waals surface area contributed by atoms with E-state index >= 15 is 0 Å². The molecular formula is C20H16N2O2S2. The summed E-state index contributed by atoms with van der Waals surface area (Å²) in [7, 11) is 0. The molecule has 4 rings (SSSR count). The van der Waals surface area contributed by atoms with Crippen LogP contribution in [0.2, 0.25) is 0 Å². The van der Waals surface area contributed by atoms with Gasteiger partial charge in [-0.3, -0.25) is 10.1 Å². The minimum Gasteiger partial charge on any atom is -0.484 e. The van der Waals surface area contributed by atoms with Crippen molar-refractivity contribution in [2.75, 3.05) is 18.2 Å². The van der Waals surface area contributed by atoms with Crippen molar-refractivity contribution in [2.45, 2.75) is 4.90 Å². The molecule has 6 heteroatoms. The van der Waals surface area contributed by atoms with Gasteiger partial charge in [-0.1, -0.05) is 41.7 Å². The van der Waals surface area contributed by atoms with E-state index < -0.39 is 0 Å². The third-order valence-corrected chi connectivity index (χ3v) is 5.59. The lowest BCUT2D eigenvalue weighted by atomic mass is 10.1. The Hall–Kier alpha value is -2.57. The van der Waals surface area contributed by atoms with Crippen LogP contribution < -0.4 is 10.1 Å². The van der Waals surface area contributed by atoms with Crippen molar-refractivity contribution in [3.05, 3.63) is 60.7 Å². The van der Waals surface area contributed by atoms with Gasteiger partial charge in [0.2, 0.25) is 0 Å². The second kappa shape index (κ2) is 7.35. The molecule has 1 aromatic heterocycles. The van der Waals surface area contributed by atoms with Gasteiger partial charge in [-0.15, -0.1) is 11.8 Å². The van der Waals surface area contributed by atoms with Gasteiger partial charge in [0.1, 0.15) is 5.75 Å². The lowest BCUT2D eigenvalue weighted by molar-refractivity contribution is -0.118. The molecule has 0 saturated heterocycles. The molecule has 4 aromatic rings. The molecule has 1 amide bonds. The second-order valence-electron chi connectivity index (χ2n) is 5.70. The molecule has 0 aliphatic rings. The molecule has 26 heavy (non-hydrogen) atoms. The topological polar surface area (TPSA) is 51.2 Å². The molecule has 130 valence electrons. The highest BCUT2D eigenvalue weighted by Crippen LogP contribution is 2.29. The minimum atomic E-state index is -0.220. The molecule has 0 bridgehead atoms. The molecule has 0 radical (unpaired) electrons. The van der Waals surface area contributed by atoms with Crippen molar-refractivity contribution in [3.63, 3.8) is 0 Å². The zero-order chi connectivity index (χ0) is 17.9. The number of nitrogens with one attached hydrogen (secondary N) is 1. The number of nitrogens with zero attached hydrogens (tertiary/aromatic N) is 1. The first-order valence-corrected chi connectivity index (χ1v) is 10.1. The highest BCUT2D eigenvalue weighted by Gasteiger charge is 2.09. The third kappa shape index (κ3) is 3.66. The molecule has 0 spiro atoms. The predicted octanol–water partition coefficient (Wildman–Crippen LogP) is 5.19. The van der Waals surface area contributed by atoms with Crippen LogP contribution in [0.25, 0.3) is 21.0 Å². The summed E-state index contributed by atoms with van der Waals surface area (Å²) < 4.78 is 6.68. The molecule has 1 heterocycles. The number of amides is 1. The van der Waals surface area contributed by atoms with Crippen molar-refractivity contribution < 1.29 is 9.53 Å². The number of ether oxygens (including phenoxy) is 1. The lowest BCUT2D eigenvalue weighted by Crippen LogP contribution is -2.19. The number of carbonyl (C=O) groups excluding carboxylic acids is 1. The molecule has 0 atom stereocenters. The monoisotopic (exact) mass is 380 g/mol. The average molecular weight is 380 g/mol. The molecule has 0 aliphatic carbocycles. The van der Waals surface area contributed by atoms with Crippen LogP contribution in [0, 0.1) is 0 Å². The van der Waals surface area contributed by atoms with Crippen LogP contribution in [-0.4, -0.2) is 23.8 Å². The number of carbonyl (C=O) groups is 1. The van der Waals surface area contributed by atoms with Crippen LogP contribution in [0.3, 0.4) is 0 Å². The fourth-order valence-electron chi connectivity index (χ4n) is 2.65. The smallest absolute Gasteiger partial charge is 0.264 e. The summed E-state index contributed by atoms with van der Waals surface area (Å²) in [6.07, 6.45) is 2.04. The third-order valence-electron chi connectivity index (χ3n) is 3.93. The van der Waals surface area contributed by atoms with Crippen LogP contribution in [0.4, 0.5) is 5.13 Å². The first-order valence-electron chi connectivity index (χ1n) is 8.07. The predicted molar refractivity (Wildman–Crippen MR) is 109 cm³/mol. The maximum atomic E-state index is 12.2. The first kappa shape index (κ1) is 16.9. The number of fused-ring (bicyclic) bond motifs is 2. The van der Waals surface area contributed by atoms with Crippen molar-refractivity contribution in [2.24, 2.45) is 0 Å². The number of aromatic nitrogens is 1. The Balaban J connectivity index is 1.41. The van der Waals surface area contributed by atoms with Crippen LogP contribution >= 0.6 is 23.1 Å². The Kier molecular flexibility index (Phi) is 4.77. The number of thioether (sulfide) groups is 1. The van der Waals surface area contributed by atoms with E-state index in [0.717, 1.165) is 21.0 Å². The van der Waals surface area contributed by atoms with E-state index in [1.165, 1.54) is 16.2 Å². The summed E-state index contributed by atoms with van der Waals surface area (Å²) in [5.74, 6) is 0.454. The zero-order valence-electron chi connectivity index (χ0n) is 14.1. The Labute approximate surface area is 159 Å². The highest BCUT2D eigenvalue weighted by atomic mass is 32.2. The number of benzene rings is 3. The normalized spacial score (nSPS) is 11.0. The largest absolute Gasteiger partial charge is 0.484 e. The summed E-state index contributed by atoms with van der Waals surface area (Å²) in [6.45, 7) is -0.0513. The minimum absolute atomic E-state index is 0.0513. The fraction of sp³-hybridized carbons (Fsp3) is 0.100. The summed E-state index contributed by atoms with van der Waals surface area (Å²) in [6, 6.07) is 19.9. The van der Waals surface area contributed by atoms with Gasteiger partial charge in [-0.05, 0) is 47.4 Å². The molecule has 3 aromatic carbocycles. The van der Waals surface area contributed by atoms with Gasteiger partial charge >= 0.3 is 0 Å². The Bertz CT molecular complexity index is 1090. The van der Waals surface area contributed by atoms with Crippen molar-refractivity contribution in [1.82, 2.24) is 4.98 Å². The molecule has 0 aliphatic heterocycles. The number of thiazole rings is 1. The van der Waals surface area contributed by atoms with Gasteiger partial charge in [-0.25, -0.2) is 4.98 Å². The molecule has 1 N–H and O–H groups in total. The van der Waals surface area contributed by atoms with Gasteiger partial charge in [0.15, 0.2) is 11.7 Å². The maximum Gasteiger partial charge on any atom is 0.264 e. The van der Waals surface area contributed by atoms with E-state index in [0.29, 0.717) is 10.9 Å². The molecule has 4 nitrogen and oxygen atoms in total. The average Bonchev–Trinajstić information content (AvgIpc) is 3.07. The van der Waals surface area contributed by atoms with Crippen molar-refractivity contribution in [1.29, 1.82) is 0 Å². The van der Waals surface area contributed by atoms with Gasteiger partial charge in [0, 0.05) is 4.90 Å². The lowest BCUT2D eigenvalue weighted by Gasteiger charge is -2.07. The van der Waals surface area contributed by atoms with Crippen LogP contribution in [0.5, 0.6) is 5.75 Å². The quantitative estimate of drug-likeness (QED) is 0.484. The number of hydrogen-bond donors (Lipinski definition) is 1. The van der Waals surface area contributed by atoms with E-state index in [-0.39, 0.29) is 12.5 Å². The molecule has 0 saturated carbocycles. The number of rotatable bonds is 5. The SMILES string of the molecule is CSc1ccc2nc(NC(=O)COc3ccc4ccccc4c3)sc2c1. The second-order valence-corrected chi connectivity index (χ2v) is 7.61. The number of hydrogen-bond acceptors (Lipinski definition) is 5. The summed E-state index contributed by atoms with van der Waals surface area (Å²) in [4.78, 5) is 17.8. The molecule has 0 unspecified atom stereocenters. The van der Waals surface area contributed by atoms with Gasteiger partial charge in [-0.2, -0.15) is 0 Å². The standard InChI is InChI=1S/C20H16N2O2S2/c1-25-16-8-9-17-18(11-16)26-20(21-17)22-19(23)12-24-15-7-6-13-4-2-3-5-14(13)10-15/h2-11H,12H2,1H3,(H,21,22,23). The molecular weight excluding hydrogens is 364 g/mol. The maximum absolute atomic E-state index is 12.2. The van der Waals surface area contributed by atoms with Crippen LogP contribution in [0.15, 0.2) is 65.6 Å². The van der Waals surface area contributed by atoms with E-state index in [2.05, 4.69) is 16.4 Å². The van der Waals surface area contributed by atoms with E-state index in [4.69, 9.17) is 4.74 Å². The van der Waals surface area contributed by atoms with Crippen LogP contribution in [-0.2, 0) is 4.79 Å². The van der Waals surface area contributed by atoms with E-state index in [1.807, 2.05) is 60.9 Å². The van der Waals surface area contributed by atoms with E-state index in [9.17, 15) is 4.79 Å². The van der Waals surface area contributed by atoms with Crippen molar-refractivity contribution >= 4 is 55.1 Å². The Morgan fingerprint density at radius 3 is 2.81 bits per heavy atom. The van der Waals surface area contributed by atoms with Crippen LogP contribution in [0.1, 0.15) is 0 Å². The fourth-order valence-corrected chi connectivity index (χ4v) is 4.08. The first-order chi connectivity index (χ1) is 12.7. The summed E-state index contributed by atoms with van der Waals surface area (Å²) in [5, 5.41) is 5.63. The highest BCUT2D eigenvalue weighted by molar-refractivity contribution is 7.98. The number of anilines is 1. The Morgan fingerprint density at radius 1 is 1.12 bits per heavy atom. The van der Waals surface area contributed by atoms with Gasteiger partial charge in [0.05, 0.1) is 10.2 Å². The Morgan fingerprint density at radius 2 is 1.96 bits per heavy atom. The summed E-state index contributed by atoms with van der Waals surface area (Å²) >= 11 is 3.15. The zero-order valence-corrected chi connectivity index (χ0v) is 15.7. The van der Waals surface area contributed by atoms with Gasteiger partial charge in [0.25, 0.3) is 5.91 Å². The van der Waals surface area contributed by atoms with Gasteiger partial charge < -0.3 is 4.74 Å². The van der Waals surface area contributed by atoms with Crippen molar-refractivity contribution in [3.8, 4) is 5.75 Å². The van der Waals surface area contributed by atoms with E-state index in [1.54, 1.807) is 11.8 Å². The summed E-state index contributed by atoms with van der Waals surface area (Å²) in [5.41, 5.74) is 0.888.